The van der Waals surface area contributed by atoms with Gasteiger partial charge in [0.05, 0.1) is 6.54 Å². The van der Waals surface area contributed by atoms with Crippen molar-refractivity contribution in [2.45, 2.75) is 31.7 Å². The average molecular weight is 241 g/mol. The third-order valence-corrected chi connectivity index (χ3v) is 3.11. The fraction of sp³-hybridized carbons (Fsp3) is 0.538. The summed E-state index contributed by atoms with van der Waals surface area (Å²) in [7, 11) is 0. The smallest absolute Gasteiger partial charge is 0.282 e. The summed E-state index contributed by atoms with van der Waals surface area (Å²) < 4.78 is 25.5. The van der Waals surface area contributed by atoms with Gasteiger partial charge in [-0.15, -0.1) is 0 Å². The molecule has 4 heteroatoms. The lowest BCUT2D eigenvalue weighted by Crippen LogP contribution is -2.35. The van der Waals surface area contributed by atoms with Gasteiger partial charge in [0.25, 0.3) is 5.92 Å². The molecular formula is C13H17F2NO. The van der Waals surface area contributed by atoms with Gasteiger partial charge in [-0.25, -0.2) is 8.78 Å². The Hall–Kier alpha value is -1.00. The van der Waals surface area contributed by atoms with Gasteiger partial charge in [0.1, 0.15) is 6.61 Å². The van der Waals surface area contributed by atoms with Gasteiger partial charge >= 0.3 is 0 Å². The van der Waals surface area contributed by atoms with Gasteiger partial charge in [0, 0.05) is 6.54 Å². The summed E-state index contributed by atoms with van der Waals surface area (Å²) in [4.78, 5) is 0. The van der Waals surface area contributed by atoms with Crippen LogP contribution in [0.1, 0.15) is 23.1 Å². The number of aryl methyl sites for hydroxylation is 2. The van der Waals surface area contributed by atoms with Gasteiger partial charge in [0.15, 0.2) is 0 Å². The molecule has 0 radical (unpaired) electrons. The highest BCUT2D eigenvalue weighted by Gasteiger charge is 2.26. The molecule has 0 atom stereocenters. The maximum Gasteiger partial charge on any atom is 0.282 e. The van der Waals surface area contributed by atoms with Crippen LogP contribution in [0.4, 0.5) is 8.78 Å². The van der Waals surface area contributed by atoms with Crippen LogP contribution in [-0.2, 0) is 19.4 Å². The number of aliphatic hydroxyl groups excluding tert-OH is 1. The predicted octanol–water partition coefficient (Wildman–Crippen LogP) is 1.89. The van der Waals surface area contributed by atoms with Crippen molar-refractivity contribution >= 4 is 0 Å². The highest BCUT2D eigenvalue weighted by atomic mass is 19.3. The molecule has 0 amide bonds. The number of fused-ring (bicyclic) bond motifs is 1. The molecule has 1 aliphatic carbocycles. The van der Waals surface area contributed by atoms with Crippen LogP contribution >= 0.6 is 0 Å². The SMILES string of the molecule is OCC(F)(F)CNCc1ccc2c(c1)CCC2. The first-order valence-corrected chi connectivity index (χ1v) is 5.91. The van der Waals surface area contributed by atoms with Gasteiger partial charge in [0.2, 0.25) is 0 Å². The third kappa shape index (κ3) is 3.23. The number of benzene rings is 1. The Bertz CT molecular complexity index is 393. The summed E-state index contributed by atoms with van der Waals surface area (Å²) in [6.45, 7) is -1.17. The Morgan fingerprint density at radius 1 is 1.24 bits per heavy atom. The Balaban J connectivity index is 1.88. The van der Waals surface area contributed by atoms with Crippen molar-refractivity contribution in [2.75, 3.05) is 13.2 Å². The van der Waals surface area contributed by atoms with Crippen molar-refractivity contribution in [2.24, 2.45) is 0 Å². The van der Waals surface area contributed by atoms with Crippen molar-refractivity contribution in [3.05, 3.63) is 34.9 Å². The zero-order valence-corrected chi connectivity index (χ0v) is 9.68. The first kappa shape index (κ1) is 12.5. The van der Waals surface area contributed by atoms with E-state index in [9.17, 15) is 8.78 Å². The lowest BCUT2D eigenvalue weighted by atomic mass is 10.1. The maximum atomic E-state index is 12.8. The van der Waals surface area contributed by atoms with Gasteiger partial charge in [-0.1, -0.05) is 18.2 Å². The number of halogens is 2. The van der Waals surface area contributed by atoms with Crippen molar-refractivity contribution in [1.82, 2.24) is 5.32 Å². The third-order valence-electron chi connectivity index (χ3n) is 3.11. The van der Waals surface area contributed by atoms with Crippen molar-refractivity contribution in [3.8, 4) is 0 Å². The maximum absolute atomic E-state index is 12.8. The number of hydrogen-bond acceptors (Lipinski definition) is 2. The molecule has 0 aromatic heterocycles. The lowest BCUT2D eigenvalue weighted by Gasteiger charge is -2.14. The summed E-state index contributed by atoms with van der Waals surface area (Å²) in [6, 6.07) is 6.16. The Morgan fingerprint density at radius 2 is 2.00 bits per heavy atom. The monoisotopic (exact) mass is 241 g/mol. The molecule has 1 aromatic carbocycles. The average Bonchev–Trinajstić information content (AvgIpc) is 2.76. The molecule has 1 aromatic rings. The molecule has 1 aliphatic rings. The summed E-state index contributed by atoms with van der Waals surface area (Å²) in [5, 5.41) is 11.1. The van der Waals surface area contributed by atoms with E-state index >= 15 is 0 Å². The number of nitrogens with one attached hydrogen (secondary N) is 1. The van der Waals surface area contributed by atoms with Gasteiger partial charge in [-0.05, 0) is 36.0 Å². The van der Waals surface area contributed by atoms with E-state index in [-0.39, 0.29) is 0 Å². The van der Waals surface area contributed by atoms with E-state index < -0.39 is 19.1 Å². The van der Waals surface area contributed by atoms with E-state index in [0.29, 0.717) is 6.54 Å². The van der Waals surface area contributed by atoms with Crippen LogP contribution in [0.5, 0.6) is 0 Å². The lowest BCUT2D eigenvalue weighted by molar-refractivity contribution is -0.0477. The summed E-state index contributed by atoms with van der Waals surface area (Å²) in [5.41, 5.74) is 3.76. The topological polar surface area (TPSA) is 32.3 Å². The predicted molar refractivity (Wildman–Crippen MR) is 62.2 cm³/mol. The first-order chi connectivity index (χ1) is 8.11. The minimum atomic E-state index is -3.03. The largest absolute Gasteiger partial charge is 0.390 e. The highest BCUT2D eigenvalue weighted by molar-refractivity contribution is 5.35. The summed E-state index contributed by atoms with van der Waals surface area (Å²) in [6.07, 6.45) is 3.41. The standard InChI is InChI=1S/C13H17F2NO/c14-13(15,9-17)8-16-7-10-4-5-11-2-1-3-12(11)6-10/h4-6,16-17H,1-3,7-9H2. The summed E-state index contributed by atoms with van der Waals surface area (Å²) >= 11 is 0. The molecule has 2 nitrogen and oxygen atoms in total. The molecule has 0 unspecified atom stereocenters. The molecule has 17 heavy (non-hydrogen) atoms. The van der Waals surface area contributed by atoms with Crippen LogP contribution in [0.15, 0.2) is 18.2 Å². The molecule has 0 spiro atoms. The second-order valence-corrected chi connectivity index (χ2v) is 4.57. The number of aliphatic hydroxyl groups is 1. The minimum Gasteiger partial charge on any atom is -0.390 e. The van der Waals surface area contributed by atoms with E-state index in [1.165, 1.54) is 17.5 Å². The van der Waals surface area contributed by atoms with Crippen molar-refractivity contribution in [1.29, 1.82) is 0 Å². The van der Waals surface area contributed by atoms with E-state index in [0.717, 1.165) is 18.4 Å². The molecule has 0 aliphatic heterocycles. The Labute approximate surface area is 99.7 Å². The first-order valence-electron chi connectivity index (χ1n) is 5.91. The van der Waals surface area contributed by atoms with Crippen LogP contribution in [0.3, 0.4) is 0 Å². The fourth-order valence-electron chi connectivity index (χ4n) is 2.18. The Morgan fingerprint density at radius 3 is 2.76 bits per heavy atom. The van der Waals surface area contributed by atoms with E-state index in [1.807, 2.05) is 6.07 Å². The molecule has 0 saturated heterocycles. The molecule has 2 rings (SSSR count). The van der Waals surface area contributed by atoms with Gasteiger partial charge < -0.3 is 10.4 Å². The highest BCUT2D eigenvalue weighted by Crippen LogP contribution is 2.22. The normalized spacial score (nSPS) is 15.0. The fourth-order valence-corrected chi connectivity index (χ4v) is 2.18. The van der Waals surface area contributed by atoms with E-state index in [2.05, 4.69) is 17.4 Å². The van der Waals surface area contributed by atoms with Crippen LogP contribution in [0, 0.1) is 0 Å². The second kappa shape index (κ2) is 5.10. The number of hydrogen-bond donors (Lipinski definition) is 2. The molecule has 94 valence electrons. The van der Waals surface area contributed by atoms with Crippen molar-refractivity contribution < 1.29 is 13.9 Å². The van der Waals surface area contributed by atoms with Crippen LogP contribution in [0.25, 0.3) is 0 Å². The second-order valence-electron chi connectivity index (χ2n) is 4.57. The van der Waals surface area contributed by atoms with E-state index in [1.54, 1.807) is 0 Å². The quantitative estimate of drug-likeness (QED) is 0.825. The van der Waals surface area contributed by atoms with Crippen LogP contribution < -0.4 is 5.32 Å². The zero-order valence-electron chi connectivity index (χ0n) is 9.68. The number of rotatable bonds is 5. The molecule has 0 heterocycles. The summed E-state index contributed by atoms with van der Waals surface area (Å²) in [5.74, 6) is -3.03. The van der Waals surface area contributed by atoms with Gasteiger partial charge in [-0.2, -0.15) is 0 Å². The molecule has 2 N–H and O–H groups in total. The molecule has 0 bridgehead atoms. The van der Waals surface area contributed by atoms with Gasteiger partial charge in [-0.3, -0.25) is 0 Å². The van der Waals surface area contributed by atoms with Crippen LogP contribution in [0.2, 0.25) is 0 Å². The van der Waals surface area contributed by atoms with Crippen molar-refractivity contribution in [3.63, 3.8) is 0 Å². The van der Waals surface area contributed by atoms with E-state index in [4.69, 9.17) is 5.11 Å². The molecular weight excluding hydrogens is 224 g/mol. The zero-order chi connectivity index (χ0) is 12.3. The van der Waals surface area contributed by atoms with Crippen LogP contribution in [-0.4, -0.2) is 24.2 Å². The molecule has 0 saturated carbocycles. The molecule has 0 fully saturated rings. The Kier molecular flexibility index (Phi) is 3.74. The minimum absolute atomic E-state index is 0.420. The number of alkyl halides is 2.